The summed E-state index contributed by atoms with van der Waals surface area (Å²) in [6.45, 7) is 14.7. The predicted octanol–water partition coefficient (Wildman–Crippen LogP) is 1.43. The molecule has 0 aromatic rings. The average Bonchev–Trinajstić information content (AvgIpc) is 3.53. The standard InChI is InChI=1S/C48H78O17/c1-43(2)15-17-48(42(58)59-8)18-16-46(6)23(24(48)19-43)9-10-29-45(5)13-12-30(44(3,4)28(45)11-14-47(29,46)7)64-41-37(57)38(65-40-35(55)32(52)26(21-50)62-40)33(53)27(63-41)22-60-39-36(56)34(54)31(51)25(20-49)61-39/h9,24-41,49-57H,10-22H2,1-8H3. The molecule has 3 aliphatic heterocycles. The fraction of sp³-hybridized carbons (Fsp3) is 0.938. The summed E-state index contributed by atoms with van der Waals surface area (Å²) >= 11 is 0. The lowest BCUT2D eigenvalue weighted by atomic mass is 9.33. The van der Waals surface area contributed by atoms with E-state index in [2.05, 4.69) is 54.5 Å². The lowest BCUT2D eigenvalue weighted by Crippen LogP contribution is -2.66. The van der Waals surface area contributed by atoms with Gasteiger partial charge >= 0.3 is 5.97 Å². The van der Waals surface area contributed by atoms with Crippen LogP contribution in [-0.2, 0) is 38.0 Å². The molecule has 17 nitrogen and oxygen atoms in total. The van der Waals surface area contributed by atoms with Crippen molar-refractivity contribution in [3.05, 3.63) is 11.6 Å². The Morgan fingerprint density at radius 2 is 1.26 bits per heavy atom. The van der Waals surface area contributed by atoms with Crippen LogP contribution in [0.3, 0.4) is 0 Å². The van der Waals surface area contributed by atoms with Crippen molar-refractivity contribution in [2.24, 2.45) is 50.2 Å². The van der Waals surface area contributed by atoms with E-state index in [4.69, 9.17) is 33.2 Å². The molecule has 0 aromatic heterocycles. The Morgan fingerprint density at radius 1 is 0.662 bits per heavy atom. The highest BCUT2D eigenvalue weighted by Gasteiger charge is 2.70. The largest absolute Gasteiger partial charge is 0.469 e. The van der Waals surface area contributed by atoms with Crippen LogP contribution in [0.1, 0.15) is 113 Å². The van der Waals surface area contributed by atoms with Crippen molar-refractivity contribution in [1.82, 2.24) is 0 Å². The molecule has 22 atom stereocenters. The Kier molecular flexibility index (Phi) is 13.7. The summed E-state index contributed by atoms with van der Waals surface area (Å²) in [5.74, 6) is 0.647. The first-order valence-corrected chi connectivity index (χ1v) is 24.1. The van der Waals surface area contributed by atoms with E-state index in [1.165, 1.54) is 12.7 Å². The number of fused-ring (bicyclic) bond motifs is 7. The molecule has 5 aliphatic carbocycles. The van der Waals surface area contributed by atoms with Gasteiger partial charge in [-0.05, 0) is 109 Å². The van der Waals surface area contributed by atoms with Gasteiger partial charge in [-0.3, -0.25) is 4.79 Å². The Bertz CT molecular complexity index is 1760. The second kappa shape index (κ2) is 17.8. The summed E-state index contributed by atoms with van der Waals surface area (Å²) in [7, 11) is 1.53. The number of carbonyl (C=O) groups is 1. The number of rotatable bonds is 10. The number of carbonyl (C=O) groups excluding carboxylic acids is 1. The Hall–Kier alpha value is -1.39. The smallest absolute Gasteiger partial charge is 0.312 e. The van der Waals surface area contributed by atoms with Gasteiger partial charge in [-0.1, -0.05) is 60.1 Å². The van der Waals surface area contributed by atoms with Crippen molar-refractivity contribution in [2.75, 3.05) is 26.9 Å². The van der Waals surface area contributed by atoms with Gasteiger partial charge in [0, 0.05) is 0 Å². The normalized spacial score (nSPS) is 52.6. The Labute approximate surface area is 382 Å². The van der Waals surface area contributed by atoms with Crippen molar-refractivity contribution >= 4 is 5.97 Å². The van der Waals surface area contributed by atoms with Crippen molar-refractivity contribution in [1.29, 1.82) is 0 Å². The van der Waals surface area contributed by atoms with E-state index >= 15 is 0 Å². The monoisotopic (exact) mass is 927 g/mol. The summed E-state index contributed by atoms with van der Waals surface area (Å²) in [4.78, 5) is 13.7. The van der Waals surface area contributed by atoms with Crippen LogP contribution in [0.25, 0.3) is 0 Å². The molecule has 65 heavy (non-hydrogen) atoms. The second-order valence-electron chi connectivity index (χ2n) is 23.2. The van der Waals surface area contributed by atoms with E-state index < -0.39 is 123 Å². The third-order valence-electron chi connectivity index (χ3n) is 19.2. The molecular formula is C48H78O17. The van der Waals surface area contributed by atoms with Crippen LogP contribution < -0.4 is 0 Å². The van der Waals surface area contributed by atoms with Crippen LogP contribution >= 0.6 is 0 Å². The van der Waals surface area contributed by atoms with Gasteiger partial charge in [0.1, 0.15) is 67.1 Å². The first kappa shape index (κ1) is 50.0. The summed E-state index contributed by atoms with van der Waals surface area (Å²) in [5, 5.41) is 95.6. The molecule has 3 saturated heterocycles. The van der Waals surface area contributed by atoms with Gasteiger partial charge in [0.2, 0.25) is 0 Å². The van der Waals surface area contributed by atoms with Crippen LogP contribution in [-0.4, -0.2) is 171 Å². The van der Waals surface area contributed by atoms with Gasteiger partial charge in [0.05, 0.1) is 38.4 Å². The maximum Gasteiger partial charge on any atom is 0.312 e. The molecular weight excluding hydrogens is 849 g/mol. The van der Waals surface area contributed by atoms with Gasteiger partial charge in [-0.2, -0.15) is 0 Å². The lowest BCUT2D eigenvalue weighted by molar-refractivity contribution is -0.359. The molecule has 9 N–H and O–H groups in total. The Morgan fingerprint density at radius 3 is 1.92 bits per heavy atom. The number of aliphatic hydroxyl groups excluding tert-OH is 9. The van der Waals surface area contributed by atoms with Crippen LogP contribution in [0.4, 0.5) is 0 Å². The number of allylic oxidation sites excluding steroid dienone is 2. The molecule has 372 valence electrons. The number of ether oxygens (including phenoxy) is 7. The summed E-state index contributed by atoms with van der Waals surface area (Å²) in [6, 6.07) is 0. The molecule has 4 saturated carbocycles. The van der Waals surface area contributed by atoms with Crippen molar-refractivity contribution < 1.29 is 83.9 Å². The van der Waals surface area contributed by atoms with Crippen LogP contribution in [0.15, 0.2) is 11.6 Å². The second-order valence-corrected chi connectivity index (χ2v) is 23.2. The molecule has 7 fully saturated rings. The number of esters is 1. The highest BCUT2D eigenvalue weighted by Crippen LogP contribution is 2.76. The third kappa shape index (κ3) is 7.90. The first-order valence-electron chi connectivity index (χ1n) is 24.1. The van der Waals surface area contributed by atoms with E-state index in [1.54, 1.807) is 0 Å². The molecule has 0 radical (unpaired) electrons. The van der Waals surface area contributed by atoms with E-state index in [-0.39, 0.29) is 39.5 Å². The average molecular weight is 927 g/mol. The molecule has 3 heterocycles. The highest BCUT2D eigenvalue weighted by molar-refractivity contribution is 5.78. The fourth-order valence-electron chi connectivity index (χ4n) is 15.0. The van der Waals surface area contributed by atoms with Gasteiger partial charge in [-0.15, -0.1) is 0 Å². The molecule has 22 unspecified atom stereocenters. The highest BCUT2D eigenvalue weighted by atomic mass is 16.8. The van der Waals surface area contributed by atoms with E-state index in [9.17, 15) is 50.8 Å². The van der Waals surface area contributed by atoms with E-state index in [0.29, 0.717) is 12.3 Å². The molecule has 8 aliphatic rings. The fourth-order valence-corrected chi connectivity index (χ4v) is 15.0. The van der Waals surface area contributed by atoms with Gasteiger partial charge in [-0.25, -0.2) is 0 Å². The van der Waals surface area contributed by atoms with Gasteiger partial charge in [0.25, 0.3) is 0 Å². The molecule has 0 bridgehead atoms. The van der Waals surface area contributed by atoms with Crippen molar-refractivity contribution in [3.63, 3.8) is 0 Å². The van der Waals surface area contributed by atoms with Crippen LogP contribution in [0, 0.1) is 50.2 Å². The summed E-state index contributed by atoms with van der Waals surface area (Å²) < 4.78 is 41.6. The minimum Gasteiger partial charge on any atom is -0.469 e. The zero-order valence-electron chi connectivity index (χ0n) is 39.5. The zero-order valence-corrected chi connectivity index (χ0v) is 39.5. The maximum absolute atomic E-state index is 13.7. The van der Waals surface area contributed by atoms with Crippen LogP contribution in [0.2, 0.25) is 0 Å². The Balaban J connectivity index is 1.03. The predicted molar refractivity (Wildman–Crippen MR) is 229 cm³/mol. The minimum absolute atomic E-state index is 0.0248. The third-order valence-corrected chi connectivity index (χ3v) is 19.2. The number of aliphatic hydroxyl groups is 9. The quantitative estimate of drug-likeness (QED) is 0.0853. The molecule has 0 spiro atoms. The zero-order chi connectivity index (χ0) is 47.4. The number of hydrogen-bond donors (Lipinski definition) is 9. The summed E-state index contributed by atoms with van der Waals surface area (Å²) in [5.41, 5.74) is 0.455. The lowest BCUT2D eigenvalue weighted by Gasteiger charge is -2.71. The topological polar surface area (TPSA) is 264 Å². The van der Waals surface area contributed by atoms with E-state index in [0.717, 1.165) is 57.8 Å². The molecule has 17 heteroatoms. The first-order chi connectivity index (χ1) is 30.4. The van der Waals surface area contributed by atoms with Crippen molar-refractivity contribution in [3.8, 4) is 0 Å². The molecule has 0 aromatic carbocycles. The minimum atomic E-state index is -1.73. The number of hydrogen-bond acceptors (Lipinski definition) is 17. The van der Waals surface area contributed by atoms with Crippen LogP contribution in [0.5, 0.6) is 0 Å². The van der Waals surface area contributed by atoms with Crippen molar-refractivity contribution in [2.45, 2.75) is 205 Å². The van der Waals surface area contributed by atoms with Gasteiger partial charge < -0.3 is 79.1 Å². The maximum atomic E-state index is 13.7. The van der Waals surface area contributed by atoms with Gasteiger partial charge in [0.15, 0.2) is 18.9 Å². The molecule has 8 rings (SSSR count). The van der Waals surface area contributed by atoms with E-state index in [1.807, 2.05) is 0 Å². The molecule has 0 amide bonds. The number of methoxy groups -OCH3 is 1. The SMILES string of the molecule is COC(=O)C12CCC(C)(C)CC1C1=CCC3C4(C)CCC(OC5OC(COC6OC(CO)C(O)C(O)C6O)C(O)C(OC6OC(CO)C(O)C6O)C5O)C(C)(C)C4CCC3(C)C1(C)CC2. The summed E-state index contributed by atoms with van der Waals surface area (Å²) in [6.07, 6.45) is -10.3.